The Bertz CT molecular complexity index is 523. The monoisotopic (exact) mass is 238 g/mol. The smallest absolute Gasteiger partial charge is 0.239 e. The van der Waals surface area contributed by atoms with Gasteiger partial charge in [-0.2, -0.15) is 0 Å². The molecule has 1 amide bonds. The number of nitrogens with one attached hydrogen (secondary N) is 1. The first-order chi connectivity index (χ1) is 7.76. The number of likely N-dealkylation sites (N-methyl/N-ethyl adjacent to an activating group) is 1. The zero-order chi connectivity index (χ0) is 11.5. The molecule has 2 aromatic heterocycles. The highest BCUT2D eigenvalue weighted by molar-refractivity contribution is 6.16. The number of nitrogens with zero attached hydrogens (tertiary/aromatic N) is 3. The summed E-state index contributed by atoms with van der Waals surface area (Å²) >= 11 is 5.79. The van der Waals surface area contributed by atoms with Gasteiger partial charge in [0.15, 0.2) is 0 Å². The summed E-state index contributed by atoms with van der Waals surface area (Å²) in [6, 6.07) is 1.82. The maximum atomic E-state index is 11.4. The van der Waals surface area contributed by atoms with Crippen molar-refractivity contribution in [2.45, 2.75) is 12.4 Å². The van der Waals surface area contributed by atoms with Crippen LogP contribution in [0.5, 0.6) is 0 Å². The first-order valence-electron chi connectivity index (χ1n) is 4.82. The van der Waals surface area contributed by atoms with E-state index in [1.54, 1.807) is 24.0 Å². The number of halogens is 1. The number of carbonyl (C=O) groups is 1. The molecule has 0 aliphatic carbocycles. The van der Waals surface area contributed by atoms with E-state index in [1.165, 1.54) is 0 Å². The van der Waals surface area contributed by atoms with Gasteiger partial charge in [0.2, 0.25) is 5.91 Å². The number of imidazole rings is 1. The van der Waals surface area contributed by atoms with E-state index in [0.29, 0.717) is 5.82 Å². The van der Waals surface area contributed by atoms with Gasteiger partial charge in [0, 0.05) is 13.2 Å². The number of alkyl halides is 1. The molecule has 2 heterocycles. The molecule has 84 valence electrons. The molecule has 16 heavy (non-hydrogen) atoms. The number of hydrogen-bond donors (Lipinski definition) is 1. The van der Waals surface area contributed by atoms with Gasteiger partial charge >= 0.3 is 0 Å². The van der Waals surface area contributed by atoms with Crippen molar-refractivity contribution in [1.82, 2.24) is 19.9 Å². The van der Waals surface area contributed by atoms with Crippen LogP contribution in [0.2, 0.25) is 0 Å². The predicted molar refractivity (Wildman–Crippen MR) is 61.2 cm³/mol. The minimum atomic E-state index is -0.0810. The topological polar surface area (TPSA) is 59.8 Å². The zero-order valence-corrected chi connectivity index (χ0v) is 9.53. The molecule has 0 aromatic carbocycles. The fraction of sp³-hybridized carbons (Fsp3) is 0.300. The largest absolute Gasteiger partial charge is 0.358 e. The van der Waals surface area contributed by atoms with Gasteiger partial charge in [-0.1, -0.05) is 0 Å². The van der Waals surface area contributed by atoms with Gasteiger partial charge in [0.05, 0.1) is 17.6 Å². The second-order valence-electron chi connectivity index (χ2n) is 3.29. The van der Waals surface area contributed by atoms with E-state index in [9.17, 15) is 4.79 Å². The number of fused-ring (bicyclic) bond motifs is 1. The van der Waals surface area contributed by atoms with Gasteiger partial charge in [-0.15, -0.1) is 11.6 Å². The molecule has 5 nitrogen and oxygen atoms in total. The molecular weight excluding hydrogens is 228 g/mol. The summed E-state index contributed by atoms with van der Waals surface area (Å²) in [6.45, 7) is 0.221. The average Bonchev–Trinajstić information content (AvgIpc) is 2.67. The average molecular weight is 239 g/mol. The highest BCUT2D eigenvalue weighted by Gasteiger charge is 2.11. The standard InChI is InChI=1S/C10H11ClN4O/c1-12-10(16)6-15-8-2-3-13-5-7(8)14-9(15)4-11/h2-3,5H,4,6H2,1H3,(H,12,16). The summed E-state index contributed by atoms with van der Waals surface area (Å²) < 4.78 is 1.79. The number of carbonyl (C=O) groups excluding carboxylic acids is 1. The molecule has 0 bridgehead atoms. The Morgan fingerprint density at radius 3 is 3.12 bits per heavy atom. The van der Waals surface area contributed by atoms with Crippen LogP contribution in [0.15, 0.2) is 18.5 Å². The molecule has 0 aliphatic heterocycles. The second-order valence-corrected chi connectivity index (χ2v) is 3.55. The Morgan fingerprint density at radius 1 is 1.62 bits per heavy atom. The minimum Gasteiger partial charge on any atom is -0.358 e. The van der Waals surface area contributed by atoms with Crippen molar-refractivity contribution in [1.29, 1.82) is 0 Å². The quantitative estimate of drug-likeness (QED) is 0.809. The number of aromatic nitrogens is 3. The highest BCUT2D eigenvalue weighted by atomic mass is 35.5. The van der Waals surface area contributed by atoms with E-state index in [2.05, 4.69) is 15.3 Å². The lowest BCUT2D eigenvalue weighted by Crippen LogP contribution is -2.24. The fourth-order valence-corrected chi connectivity index (χ4v) is 1.74. The maximum absolute atomic E-state index is 11.4. The lowest BCUT2D eigenvalue weighted by atomic mass is 10.4. The third-order valence-corrected chi connectivity index (χ3v) is 2.57. The molecule has 0 fully saturated rings. The number of pyridine rings is 1. The molecule has 0 aliphatic rings. The molecular formula is C10H11ClN4O. The van der Waals surface area contributed by atoms with E-state index in [0.717, 1.165) is 11.0 Å². The summed E-state index contributed by atoms with van der Waals surface area (Å²) in [5, 5.41) is 2.57. The Kier molecular flexibility index (Phi) is 3.05. The van der Waals surface area contributed by atoms with Gasteiger partial charge in [0.25, 0.3) is 0 Å². The second kappa shape index (κ2) is 4.49. The van der Waals surface area contributed by atoms with Gasteiger partial charge in [0.1, 0.15) is 17.9 Å². The first kappa shape index (κ1) is 10.9. The SMILES string of the molecule is CNC(=O)Cn1c(CCl)nc2cnccc21. The Hall–Kier alpha value is -1.62. The molecule has 0 spiro atoms. The predicted octanol–water partition coefficient (Wildman–Crippen LogP) is 0.916. The third kappa shape index (κ3) is 1.86. The summed E-state index contributed by atoms with van der Waals surface area (Å²) in [6.07, 6.45) is 3.33. The van der Waals surface area contributed by atoms with Crippen molar-refractivity contribution in [3.05, 3.63) is 24.3 Å². The van der Waals surface area contributed by atoms with Gasteiger partial charge in [-0.3, -0.25) is 9.78 Å². The molecule has 6 heteroatoms. The number of hydrogen-bond acceptors (Lipinski definition) is 3. The van der Waals surface area contributed by atoms with Crippen LogP contribution in [-0.4, -0.2) is 27.5 Å². The van der Waals surface area contributed by atoms with Crippen LogP contribution >= 0.6 is 11.6 Å². The van der Waals surface area contributed by atoms with Crippen LogP contribution in [0.25, 0.3) is 11.0 Å². The van der Waals surface area contributed by atoms with Gasteiger partial charge in [-0.05, 0) is 6.07 Å². The normalized spacial score (nSPS) is 10.6. The van der Waals surface area contributed by atoms with E-state index in [-0.39, 0.29) is 18.3 Å². The zero-order valence-electron chi connectivity index (χ0n) is 8.77. The molecule has 2 aromatic rings. The minimum absolute atomic E-state index is 0.0810. The summed E-state index contributed by atoms with van der Waals surface area (Å²) in [5.74, 6) is 0.863. The summed E-state index contributed by atoms with van der Waals surface area (Å²) in [7, 11) is 1.60. The van der Waals surface area contributed by atoms with Crippen LogP contribution in [0.1, 0.15) is 5.82 Å². The van der Waals surface area contributed by atoms with Crippen molar-refractivity contribution in [2.24, 2.45) is 0 Å². The lowest BCUT2D eigenvalue weighted by molar-refractivity contribution is -0.121. The molecule has 2 rings (SSSR count). The van der Waals surface area contributed by atoms with Crippen LogP contribution in [-0.2, 0) is 17.2 Å². The van der Waals surface area contributed by atoms with Crippen LogP contribution < -0.4 is 5.32 Å². The Morgan fingerprint density at radius 2 is 2.44 bits per heavy atom. The van der Waals surface area contributed by atoms with Crippen molar-refractivity contribution in [3.63, 3.8) is 0 Å². The van der Waals surface area contributed by atoms with Crippen LogP contribution in [0.3, 0.4) is 0 Å². The van der Waals surface area contributed by atoms with E-state index < -0.39 is 0 Å². The maximum Gasteiger partial charge on any atom is 0.239 e. The van der Waals surface area contributed by atoms with Gasteiger partial charge in [-0.25, -0.2) is 4.98 Å². The van der Waals surface area contributed by atoms with Gasteiger partial charge < -0.3 is 9.88 Å². The molecule has 0 saturated carbocycles. The lowest BCUT2D eigenvalue weighted by Gasteiger charge is -2.05. The van der Waals surface area contributed by atoms with Crippen LogP contribution in [0.4, 0.5) is 0 Å². The van der Waals surface area contributed by atoms with Crippen molar-refractivity contribution in [3.8, 4) is 0 Å². The fourth-order valence-electron chi connectivity index (χ4n) is 1.53. The molecule has 0 saturated heterocycles. The highest BCUT2D eigenvalue weighted by Crippen LogP contribution is 2.15. The van der Waals surface area contributed by atoms with Crippen molar-refractivity contribution >= 4 is 28.5 Å². The summed E-state index contributed by atoms with van der Waals surface area (Å²) in [4.78, 5) is 19.7. The van der Waals surface area contributed by atoms with Crippen molar-refractivity contribution < 1.29 is 4.79 Å². The Labute approximate surface area is 97.4 Å². The van der Waals surface area contributed by atoms with Crippen molar-refractivity contribution in [2.75, 3.05) is 7.05 Å². The van der Waals surface area contributed by atoms with E-state index in [4.69, 9.17) is 11.6 Å². The first-order valence-corrected chi connectivity index (χ1v) is 5.35. The van der Waals surface area contributed by atoms with E-state index in [1.807, 2.05) is 6.07 Å². The molecule has 1 N–H and O–H groups in total. The van der Waals surface area contributed by atoms with Crippen LogP contribution in [0, 0.1) is 0 Å². The Balaban J connectivity index is 2.51. The number of rotatable bonds is 3. The van der Waals surface area contributed by atoms with E-state index >= 15 is 0 Å². The molecule has 0 radical (unpaired) electrons. The molecule has 0 atom stereocenters. The number of amides is 1. The molecule has 0 unspecified atom stereocenters. The summed E-state index contributed by atoms with van der Waals surface area (Å²) in [5.41, 5.74) is 1.62. The third-order valence-electron chi connectivity index (χ3n) is 2.33.